The number of imidazole rings is 1. The molecule has 2 N–H and O–H groups in total. The Morgan fingerprint density at radius 3 is 2.84 bits per heavy atom. The molecule has 25 heavy (non-hydrogen) atoms. The van der Waals surface area contributed by atoms with Crippen LogP contribution >= 0.6 is 11.6 Å². The van der Waals surface area contributed by atoms with Crippen LogP contribution in [0.3, 0.4) is 0 Å². The van der Waals surface area contributed by atoms with Crippen LogP contribution in [-0.4, -0.2) is 39.7 Å². The number of carbonyl (C=O) groups is 1. The largest absolute Gasteiger partial charge is 0.373 e. The number of nitrogens with zero attached hydrogens (tertiary/aromatic N) is 6. The zero-order chi connectivity index (χ0) is 18.0. The van der Waals surface area contributed by atoms with Gasteiger partial charge in [-0.3, -0.25) is 4.98 Å². The summed E-state index contributed by atoms with van der Waals surface area (Å²) in [5.74, 6) is 0. The molecule has 0 aliphatic heterocycles. The molecule has 0 bridgehead atoms. The van der Waals surface area contributed by atoms with E-state index >= 15 is 0 Å². The topological polar surface area (TPSA) is 111 Å². The molecule has 0 aromatic carbocycles. The molecule has 2 amide bonds. The molecule has 0 saturated heterocycles. The van der Waals surface area contributed by atoms with Crippen LogP contribution in [0.4, 0.5) is 21.9 Å². The maximum absolute atomic E-state index is 12.3. The second-order valence-corrected chi connectivity index (χ2v) is 5.67. The van der Waals surface area contributed by atoms with Crippen molar-refractivity contribution in [1.29, 1.82) is 5.26 Å². The number of nitrogens with one attached hydrogen (secondary N) is 2. The number of anilines is 3. The molecular formula is C15H13ClN8O. The van der Waals surface area contributed by atoms with Gasteiger partial charge >= 0.3 is 6.03 Å². The van der Waals surface area contributed by atoms with Crippen molar-refractivity contribution < 1.29 is 4.79 Å². The van der Waals surface area contributed by atoms with E-state index in [2.05, 4.69) is 25.7 Å². The summed E-state index contributed by atoms with van der Waals surface area (Å²) in [6, 6.07) is 2.99. The van der Waals surface area contributed by atoms with Gasteiger partial charge in [0.25, 0.3) is 0 Å². The standard InChI is InChI=1S/C15H13ClN8O/c1-23(2)13-11(7-19-24-8-12(16)22-14(13)24)21-15(25)20-10-3-9(4-17)5-18-6-10/h3,5-8H,1-2H3,(H2,20,21,25). The third-order valence-electron chi connectivity index (χ3n) is 3.26. The first kappa shape index (κ1) is 16.5. The molecular weight excluding hydrogens is 344 g/mol. The van der Waals surface area contributed by atoms with Crippen molar-refractivity contribution in [3.8, 4) is 6.07 Å². The van der Waals surface area contributed by atoms with Crippen molar-refractivity contribution in [2.24, 2.45) is 0 Å². The monoisotopic (exact) mass is 356 g/mol. The minimum atomic E-state index is -0.496. The number of hydrogen-bond acceptors (Lipinski definition) is 6. The number of carbonyl (C=O) groups excluding carboxylic acids is 1. The van der Waals surface area contributed by atoms with E-state index in [4.69, 9.17) is 16.9 Å². The first-order chi connectivity index (χ1) is 12.0. The zero-order valence-electron chi connectivity index (χ0n) is 13.4. The minimum Gasteiger partial charge on any atom is -0.373 e. The summed E-state index contributed by atoms with van der Waals surface area (Å²) in [6.07, 6.45) is 5.94. The number of nitriles is 1. The summed E-state index contributed by atoms with van der Waals surface area (Å²) in [6.45, 7) is 0. The summed E-state index contributed by atoms with van der Waals surface area (Å²) in [5.41, 5.74) is 2.38. The Bertz CT molecular complexity index is 991. The highest BCUT2D eigenvalue weighted by Crippen LogP contribution is 2.29. The third-order valence-corrected chi connectivity index (χ3v) is 3.44. The van der Waals surface area contributed by atoms with Crippen LogP contribution in [0.1, 0.15) is 5.56 Å². The summed E-state index contributed by atoms with van der Waals surface area (Å²) >= 11 is 5.93. The van der Waals surface area contributed by atoms with E-state index in [0.29, 0.717) is 33.4 Å². The molecule has 0 aliphatic rings. The van der Waals surface area contributed by atoms with E-state index < -0.39 is 6.03 Å². The molecule has 3 heterocycles. The van der Waals surface area contributed by atoms with E-state index in [1.54, 1.807) is 11.1 Å². The molecule has 0 aliphatic carbocycles. The average molecular weight is 357 g/mol. The van der Waals surface area contributed by atoms with Crippen molar-refractivity contribution in [3.63, 3.8) is 0 Å². The Labute approximate surface area is 147 Å². The van der Waals surface area contributed by atoms with Crippen molar-refractivity contribution in [3.05, 3.63) is 41.6 Å². The van der Waals surface area contributed by atoms with E-state index in [1.165, 1.54) is 29.2 Å². The fraction of sp³-hybridized carbons (Fsp3) is 0.133. The number of aromatic nitrogens is 4. The quantitative estimate of drug-likeness (QED) is 0.745. The van der Waals surface area contributed by atoms with Gasteiger partial charge in [0.2, 0.25) is 0 Å². The number of amides is 2. The van der Waals surface area contributed by atoms with Crippen molar-refractivity contribution >= 4 is 40.3 Å². The van der Waals surface area contributed by atoms with Crippen molar-refractivity contribution in [2.75, 3.05) is 29.6 Å². The normalized spacial score (nSPS) is 10.3. The number of pyridine rings is 1. The zero-order valence-corrected chi connectivity index (χ0v) is 14.1. The Morgan fingerprint density at radius 2 is 2.12 bits per heavy atom. The van der Waals surface area contributed by atoms with Gasteiger partial charge in [0, 0.05) is 20.3 Å². The minimum absolute atomic E-state index is 0.302. The maximum Gasteiger partial charge on any atom is 0.323 e. The predicted molar refractivity (Wildman–Crippen MR) is 93.9 cm³/mol. The molecule has 0 saturated carbocycles. The van der Waals surface area contributed by atoms with Gasteiger partial charge in [0.05, 0.1) is 35.5 Å². The van der Waals surface area contributed by atoms with Crippen LogP contribution in [0.5, 0.6) is 0 Å². The van der Waals surface area contributed by atoms with Gasteiger partial charge < -0.3 is 15.5 Å². The predicted octanol–water partition coefficient (Wildman–Crippen LogP) is 2.36. The highest BCUT2D eigenvalue weighted by Gasteiger charge is 2.16. The van der Waals surface area contributed by atoms with Crippen LogP contribution in [0.2, 0.25) is 5.15 Å². The molecule has 126 valence electrons. The molecule has 0 atom stereocenters. The maximum atomic E-state index is 12.3. The number of halogens is 1. The van der Waals surface area contributed by atoms with Gasteiger partial charge in [-0.1, -0.05) is 11.6 Å². The highest BCUT2D eigenvalue weighted by molar-refractivity contribution is 6.29. The molecule has 9 nitrogen and oxygen atoms in total. The summed E-state index contributed by atoms with van der Waals surface area (Å²) in [4.78, 5) is 22.2. The lowest BCUT2D eigenvalue weighted by atomic mass is 10.3. The van der Waals surface area contributed by atoms with Crippen molar-refractivity contribution in [1.82, 2.24) is 19.6 Å². The van der Waals surface area contributed by atoms with Gasteiger partial charge in [-0.05, 0) is 6.07 Å². The third kappa shape index (κ3) is 3.44. The van der Waals surface area contributed by atoms with Crippen LogP contribution < -0.4 is 15.5 Å². The highest BCUT2D eigenvalue weighted by atomic mass is 35.5. The molecule has 0 spiro atoms. The van der Waals surface area contributed by atoms with E-state index in [0.717, 1.165) is 0 Å². The molecule has 3 aromatic rings. The van der Waals surface area contributed by atoms with Gasteiger partial charge in [0.1, 0.15) is 16.9 Å². The fourth-order valence-electron chi connectivity index (χ4n) is 2.28. The summed E-state index contributed by atoms with van der Waals surface area (Å²) < 4.78 is 1.53. The number of rotatable bonds is 3. The van der Waals surface area contributed by atoms with Gasteiger partial charge in [0.15, 0.2) is 5.65 Å². The van der Waals surface area contributed by atoms with Crippen LogP contribution in [-0.2, 0) is 0 Å². The average Bonchev–Trinajstić information content (AvgIpc) is 2.94. The lowest BCUT2D eigenvalue weighted by Crippen LogP contribution is -2.22. The van der Waals surface area contributed by atoms with E-state index in [1.807, 2.05) is 20.2 Å². The molecule has 0 unspecified atom stereocenters. The van der Waals surface area contributed by atoms with Gasteiger partial charge in [-0.2, -0.15) is 10.4 Å². The smallest absolute Gasteiger partial charge is 0.323 e. The first-order valence-corrected chi connectivity index (χ1v) is 7.50. The lowest BCUT2D eigenvalue weighted by Gasteiger charge is -2.18. The molecule has 10 heteroatoms. The number of hydrogen-bond donors (Lipinski definition) is 2. The van der Waals surface area contributed by atoms with E-state index in [-0.39, 0.29) is 0 Å². The SMILES string of the molecule is CN(C)c1c(NC(=O)Nc2cncc(C#N)c2)cnn2cc(Cl)nc12. The molecule has 3 rings (SSSR count). The van der Waals surface area contributed by atoms with E-state index in [9.17, 15) is 4.79 Å². The Morgan fingerprint density at radius 1 is 1.32 bits per heavy atom. The number of fused-ring (bicyclic) bond motifs is 1. The number of urea groups is 1. The van der Waals surface area contributed by atoms with Gasteiger partial charge in [-0.25, -0.2) is 14.3 Å². The second kappa shape index (κ2) is 6.62. The molecule has 0 fully saturated rings. The van der Waals surface area contributed by atoms with Crippen LogP contribution in [0, 0.1) is 11.3 Å². The Hall–Kier alpha value is -3.38. The van der Waals surface area contributed by atoms with Crippen LogP contribution in [0.25, 0.3) is 5.65 Å². The lowest BCUT2D eigenvalue weighted by molar-refractivity contribution is 0.262. The second-order valence-electron chi connectivity index (χ2n) is 5.29. The molecule has 3 aromatic heterocycles. The summed E-state index contributed by atoms with van der Waals surface area (Å²) in [5, 5.41) is 18.7. The van der Waals surface area contributed by atoms with Crippen molar-refractivity contribution in [2.45, 2.75) is 0 Å². The Balaban J connectivity index is 1.88. The Kier molecular flexibility index (Phi) is 4.36. The fourth-order valence-corrected chi connectivity index (χ4v) is 2.45. The van der Waals surface area contributed by atoms with Gasteiger partial charge in [-0.15, -0.1) is 0 Å². The molecule has 0 radical (unpaired) electrons. The van der Waals surface area contributed by atoms with Crippen LogP contribution in [0.15, 0.2) is 30.9 Å². The first-order valence-electron chi connectivity index (χ1n) is 7.12. The summed E-state index contributed by atoms with van der Waals surface area (Å²) in [7, 11) is 3.64.